The minimum atomic E-state index is -0.00137. The van der Waals surface area contributed by atoms with E-state index in [1.807, 2.05) is 27.8 Å². The molecule has 144 valence electrons. The molecule has 2 saturated heterocycles. The van der Waals surface area contributed by atoms with E-state index in [4.69, 9.17) is 9.47 Å². The van der Waals surface area contributed by atoms with Crippen molar-refractivity contribution in [2.45, 2.75) is 38.8 Å². The fourth-order valence-electron chi connectivity index (χ4n) is 3.63. The average molecular weight is 370 g/mol. The predicted molar refractivity (Wildman–Crippen MR) is 100 cm³/mol. The molecule has 4 rings (SSSR count). The second-order valence-corrected chi connectivity index (χ2v) is 7.29. The first-order valence-electron chi connectivity index (χ1n) is 9.70. The number of carbonyl (C=O) groups excluding carboxylic acids is 1. The molecule has 0 aromatic carbocycles. The topological polar surface area (TPSA) is 69.5 Å². The monoisotopic (exact) mass is 370 g/mol. The van der Waals surface area contributed by atoms with Gasteiger partial charge in [-0.2, -0.15) is 5.10 Å². The summed E-state index contributed by atoms with van der Waals surface area (Å²) in [5.41, 5.74) is 1.83. The molecule has 2 aromatic heterocycles. The fraction of sp³-hybridized carbons (Fsp3) is 0.550. The van der Waals surface area contributed by atoms with Gasteiger partial charge >= 0.3 is 0 Å². The van der Waals surface area contributed by atoms with E-state index in [0.29, 0.717) is 12.5 Å². The fourth-order valence-corrected chi connectivity index (χ4v) is 3.63. The normalized spacial score (nSPS) is 20.3. The molecule has 2 aliphatic rings. The summed E-state index contributed by atoms with van der Waals surface area (Å²) in [7, 11) is 0. The van der Waals surface area contributed by atoms with Crippen LogP contribution >= 0.6 is 0 Å². The zero-order chi connectivity index (χ0) is 18.6. The third kappa shape index (κ3) is 4.13. The van der Waals surface area contributed by atoms with Crippen molar-refractivity contribution in [3.63, 3.8) is 0 Å². The van der Waals surface area contributed by atoms with E-state index in [2.05, 4.69) is 10.1 Å². The van der Waals surface area contributed by atoms with Crippen LogP contribution in [0.4, 0.5) is 0 Å². The molecule has 0 spiro atoms. The van der Waals surface area contributed by atoms with Crippen LogP contribution in [0.5, 0.6) is 5.75 Å². The Kier molecular flexibility index (Phi) is 5.38. The second kappa shape index (κ2) is 8.08. The number of pyridine rings is 1. The number of rotatable bonds is 6. The Bertz CT molecular complexity index is 762. The zero-order valence-electron chi connectivity index (χ0n) is 15.7. The highest BCUT2D eigenvalue weighted by atomic mass is 16.5. The van der Waals surface area contributed by atoms with Crippen LogP contribution in [0.15, 0.2) is 30.6 Å². The van der Waals surface area contributed by atoms with E-state index in [1.54, 1.807) is 19.3 Å². The lowest BCUT2D eigenvalue weighted by molar-refractivity contribution is -0.135. The Hall–Kier alpha value is -2.41. The molecule has 2 fully saturated rings. The standard InChI is InChI=1S/C20H26N4O3/c1-15(25)23-13-16(14-23)8-11-26-17-5-6-18(21-12-17)19-7-9-22-24(19)20-4-2-3-10-27-20/h5-7,9,12,16,20H,2-4,8,10-11,13-14H2,1H3. The third-order valence-electron chi connectivity index (χ3n) is 5.29. The van der Waals surface area contributed by atoms with Crippen molar-refractivity contribution in [2.75, 3.05) is 26.3 Å². The number of ether oxygens (including phenoxy) is 2. The first kappa shape index (κ1) is 18.0. The number of nitrogens with zero attached hydrogens (tertiary/aromatic N) is 4. The maximum Gasteiger partial charge on any atom is 0.219 e. The van der Waals surface area contributed by atoms with Crippen LogP contribution in [-0.4, -0.2) is 51.9 Å². The van der Waals surface area contributed by atoms with Crippen LogP contribution in [0.2, 0.25) is 0 Å². The van der Waals surface area contributed by atoms with Gasteiger partial charge in [-0.05, 0) is 49.8 Å². The Labute approximate surface area is 159 Å². The van der Waals surface area contributed by atoms with Crippen LogP contribution in [0.25, 0.3) is 11.4 Å². The minimum Gasteiger partial charge on any atom is -0.492 e. The van der Waals surface area contributed by atoms with Gasteiger partial charge < -0.3 is 14.4 Å². The summed E-state index contributed by atoms with van der Waals surface area (Å²) in [5, 5.41) is 4.43. The van der Waals surface area contributed by atoms with Crippen molar-refractivity contribution in [3.05, 3.63) is 30.6 Å². The SMILES string of the molecule is CC(=O)N1CC(CCOc2ccc(-c3ccnn3C3CCCCO3)nc2)C1. The number of hydrogen-bond donors (Lipinski definition) is 0. The number of hydrogen-bond acceptors (Lipinski definition) is 5. The number of aromatic nitrogens is 3. The van der Waals surface area contributed by atoms with Crippen molar-refractivity contribution in [3.8, 4) is 17.1 Å². The lowest BCUT2D eigenvalue weighted by Crippen LogP contribution is -2.49. The maximum atomic E-state index is 11.2. The molecule has 7 heteroatoms. The summed E-state index contributed by atoms with van der Waals surface area (Å²) in [5.74, 6) is 1.47. The van der Waals surface area contributed by atoms with Crippen molar-refractivity contribution in [2.24, 2.45) is 5.92 Å². The van der Waals surface area contributed by atoms with Gasteiger partial charge in [0.25, 0.3) is 0 Å². The molecule has 0 bridgehead atoms. The highest BCUT2D eigenvalue weighted by Gasteiger charge is 2.28. The summed E-state index contributed by atoms with van der Waals surface area (Å²) < 4.78 is 13.6. The Morgan fingerprint density at radius 1 is 1.30 bits per heavy atom. The third-order valence-corrected chi connectivity index (χ3v) is 5.29. The second-order valence-electron chi connectivity index (χ2n) is 7.29. The highest BCUT2D eigenvalue weighted by molar-refractivity contribution is 5.74. The van der Waals surface area contributed by atoms with E-state index in [1.165, 1.54) is 0 Å². The van der Waals surface area contributed by atoms with Gasteiger partial charge in [0, 0.05) is 32.8 Å². The zero-order valence-corrected chi connectivity index (χ0v) is 15.7. The molecule has 27 heavy (non-hydrogen) atoms. The van der Waals surface area contributed by atoms with Gasteiger partial charge in [-0.1, -0.05) is 0 Å². The minimum absolute atomic E-state index is 0.00137. The van der Waals surface area contributed by atoms with Crippen molar-refractivity contribution >= 4 is 5.91 Å². The smallest absolute Gasteiger partial charge is 0.219 e. The molecule has 0 saturated carbocycles. The molecule has 1 amide bonds. The quantitative estimate of drug-likeness (QED) is 0.782. The van der Waals surface area contributed by atoms with E-state index in [0.717, 1.165) is 62.5 Å². The lowest BCUT2D eigenvalue weighted by atomic mass is 9.97. The Morgan fingerprint density at radius 3 is 2.89 bits per heavy atom. The van der Waals surface area contributed by atoms with E-state index in [9.17, 15) is 4.79 Å². The summed E-state index contributed by atoms with van der Waals surface area (Å²) in [6.45, 7) is 4.75. The maximum absolute atomic E-state index is 11.2. The number of carbonyl (C=O) groups is 1. The number of likely N-dealkylation sites (tertiary alicyclic amines) is 1. The summed E-state index contributed by atoms with van der Waals surface area (Å²) in [4.78, 5) is 17.6. The van der Waals surface area contributed by atoms with Gasteiger partial charge in [0.15, 0.2) is 6.23 Å². The molecule has 1 unspecified atom stereocenters. The van der Waals surface area contributed by atoms with Gasteiger partial charge in [0.1, 0.15) is 5.75 Å². The van der Waals surface area contributed by atoms with Gasteiger partial charge in [-0.25, -0.2) is 4.68 Å². The molecule has 2 aliphatic heterocycles. The van der Waals surface area contributed by atoms with Crippen LogP contribution in [0.3, 0.4) is 0 Å². The summed E-state index contributed by atoms with van der Waals surface area (Å²) >= 11 is 0. The molecule has 0 radical (unpaired) electrons. The first-order chi connectivity index (χ1) is 13.2. The van der Waals surface area contributed by atoms with Crippen molar-refractivity contribution in [1.29, 1.82) is 0 Å². The largest absolute Gasteiger partial charge is 0.492 e. The van der Waals surface area contributed by atoms with Gasteiger partial charge in [0.05, 0.1) is 24.2 Å². The molecule has 7 nitrogen and oxygen atoms in total. The van der Waals surface area contributed by atoms with Crippen LogP contribution in [0, 0.1) is 5.92 Å². The van der Waals surface area contributed by atoms with Gasteiger partial charge in [-0.3, -0.25) is 9.78 Å². The van der Waals surface area contributed by atoms with Crippen LogP contribution < -0.4 is 4.74 Å². The Morgan fingerprint density at radius 2 is 2.19 bits per heavy atom. The molecule has 1 atom stereocenters. The number of amides is 1. The molecule has 0 N–H and O–H groups in total. The molecular formula is C20H26N4O3. The van der Waals surface area contributed by atoms with E-state index in [-0.39, 0.29) is 12.1 Å². The van der Waals surface area contributed by atoms with Crippen molar-refractivity contribution < 1.29 is 14.3 Å². The van der Waals surface area contributed by atoms with Crippen molar-refractivity contribution in [1.82, 2.24) is 19.7 Å². The average Bonchev–Trinajstić information content (AvgIpc) is 3.14. The summed E-state index contributed by atoms with van der Waals surface area (Å²) in [6.07, 6.45) is 7.77. The Balaban J connectivity index is 1.31. The van der Waals surface area contributed by atoms with E-state index < -0.39 is 0 Å². The molecule has 0 aliphatic carbocycles. The van der Waals surface area contributed by atoms with Crippen LogP contribution in [-0.2, 0) is 9.53 Å². The van der Waals surface area contributed by atoms with Crippen LogP contribution in [0.1, 0.15) is 38.8 Å². The lowest BCUT2D eigenvalue weighted by Gasteiger charge is -2.38. The highest BCUT2D eigenvalue weighted by Crippen LogP contribution is 2.28. The molecule has 4 heterocycles. The molecular weight excluding hydrogens is 344 g/mol. The van der Waals surface area contributed by atoms with E-state index >= 15 is 0 Å². The summed E-state index contributed by atoms with van der Waals surface area (Å²) in [6, 6.07) is 5.88. The van der Waals surface area contributed by atoms with Gasteiger partial charge in [-0.15, -0.1) is 0 Å². The first-order valence-corrected chi connectivity index (χ1v) is 9.70. The van der Waals surface area contributed by atoms with Gasteiger partial charge in [0.2, 0.25) is 5.91 Å². The molecule has 2 aromatic rings. The predicted octanol–water partition coefficient (Wildman–Crippen LogP) is 2.89.